The van der Waals surface area contributed by atoms with Crippen LogP contribution in [0.2, 0.25) is 0 Å². The molecule has 0 bridgehead atoms. The number of rotatable bonds is 3. The van der Waals surface area contributed by atoms with E-state index in [4.69, 9.17) is 4.74 Å². The molecule has 0 aliphatic carbocycles. The maximum atomic E-state index is 13.6. The molecule has 29 heavy (non-hydrogen) atoms. The maximum absolute atomic E-state index is 13.6. The number of aryl methyl sites for hydroxylation is 2. The number of methoxy groups -OCH3 is 1. The van der Waals surface area contributed by atoms with Crippen molar-refractivity contribution in [2.45, 2.75) is 70.4 Å². The molecule has 3 heterocycles. The summed E-state index contributed by atoms with van der Waals surface area (Å²) in [5.41, 5.74) is 5.74. The predicted octanol–water partition coefficient (Wildman–Crippen LogP) is 5.41. The van der Waals surface area contributed by atoms with Crippen molar-refractivity contribution in [2.24, 2.45) is 0 Å². The van der Waals surface area contributed by atoms with Gasteiger partial charge in [-0.3, -0.25) is 4.79 Å². The summed E-state index contributed by atoms with van der Waals surface area (Å²) in [7, 11) is 1.75. The predicted molar refractivity (Wildman–Crippen MR) is 120 cm³/mol. The molecule has 156 valence electrons. The molecule has 0 fully saturated rings. The molecule has 2 aliphatic rings. The van der Waals surface area contributed by atoms with Gasteiger partial charge in [0.05, 0.1) is 12.0 Å². The summed E-state index contributed by atoms with van der Waals surface area (Å²) in [6.07, 6.45) is 4.11. The quantitative estimate of drug-likeness (QED) is 0.632. The fraction of sp³-hybridized carbons (Fsp3) is 0.542. The highest BCUT2D eigenvalue weighted by Crippen LogP contribution is 2.41. The largest absolute Gasteiger partial charge is 0.496 e. The van der Waals surface area contributed by atoms with Crippen LogP contribution in [-0.4, -0.2) is 40.3 Å². The van der Waals surface area contributed by atoms with Crippen LogP contribution in [0.15, 0.2) is 23.1 Å². The van der Waals surface area contributed by atoms with Gasteiger partial charge in [-0.05, 0) is 81.5 Å². The Bertz CT molecular complexity index is 939. The molecular weight excluding hydrogens is 380 g/mol. The van der Waals surface area contributed by atoms with E-state index in [1.807, 2.05) is 11.8 Å². The second kappa shape index (κ2) is 7.75. The van der Waals surface area contributed by atoms with Crippen molar-refractivity contribution < 1.29 is 9.53 Å². The summed E-state index contributed by atoms with van der Waals surface area (Å²) in [5, 5.41) is 0. The Labute approximate surface area is 178 Å². The van der Waals surface area contributed by atoms with Gasteiger partial charge in [-0.1, -0.05) is 6.92 Å². The van der Waals surface area contributed by atoms with E-state index in [1.165, 1.54) is 27.3 Å². The number of amides is 1. The number of carbonyl (C=O) groups is 1. The Kier molecular flexibility index (Phi) is 5.45. The number of nitrogens with zero attached hydrogens (tertiary/aromatic N) is 2. The molecule has 1 aromatic heterocycles. The molecule has 0 N–H and O–H groups in total. The van der Waals surface area contributed by atoms with Crippen molar-refractivity contribution >= 4 is 17.7 Å². The normalized spacial score (nSPS) is 16.6. The Morgan fingerprint density at radius 3 is 2.55 bits per heavy atom. The van der Waals surface area contributed by atoms with E-state index in [1.54, 1.807) is 7.11 Å². The number of benzene rings is 1. The van der Waals surface area contributed by atoms with Crippen LogP contribution in [0.5, 0.6) is 5.75 Å². The van der Waals surface area contributed by atoms with Crippen molar-refractivity contribution in [3.63, 3.8) is 0 Å². The molecule has 4 nitrogen and oxygen atoms in total. The van der Waals surface area contributed by atoms with Gasteiger partial charge in [0.25, 0.3) is 5.91 Å². The molecule has 0 spiro atoms. The minimum absolute atomic E-state index is 0.165. The van der Waals surface area contributed by atoms with E-state index >= 15 is 0 Å². The molecule has 2 aliphatic heterocycles. The lowest BCUT2D eigenvalue weighted by Gasteiger charge is -2.37. The Morgan fingerprint density at radius 2 is 1.86 bits per heavy atom. The number of ether oxygens (including phenoxy) is 1. The number of thioether (sulfide) groups is 1. The number of fused-ring (bicyclic) bond motifs is 5. The molecule has 1 amide bonds. The van der Waals surface area contributed by atoms with Crippen molar-refractivity contribution in [3.8, 4) is 17.0 Å². The number of hydrogen-bond acceptors (Lipinski definition) is 3. The van der Waals surface area contributed by atoms with Gasteiger partial charge < -0.3 is 14.2 Å². The Hall–Kier alpha value is -1.88. The lowest BCUT2D eigenvalue weighted by Crippen LogP contribution is -2.47. The van der Waals surface area contributed by atoms with Crippen molar-refractivity contribution in [1.82, 2.24) is 9.47 Å². The van der Waals surface area contributed by atoms with Gasteiger partial charge in [0.1, 0.15) is 11.4 Å². The molecule has 0 radical (unpaired) electrons. The van der Waals surface area contributed by atoms with E-state index in [0.29, 0.717) is 0 Å². The Balaban J connectivity index is 1.86. The zero-order chi connectivity index (χ0) is 20.8. The second-order valence-corrected chi connectivity index (χ2v) is 10.3. The van der Waals surface area contributed by atoms with Crippen LogP contribution < -0.4 is 4.74 Å². The van der Waals surface area contributed by atoms with Gasteiger partial charge in [0.2, 0.25) is 0 Å². The fourth-order valence-electron chi connectivity index (χ4n) is 4.67. The first kappa shape index (κ1) is 20.4. The monoisotopic (exact) mass is 412 g/mol. The first-order valence-corrected chi connectivity index (χ1v) is 11.7. The summed E-state index contributed by atoms with van der Waals surface area (Å²) in [6.45, 7) is 10.3. The molecular formula is C24H32N2O2S. The summed E-state index contributed by atoms with van der Waals surface area (Å²) < 4.78 is 7.94. The maximum Gasteiger partial charge on any atom is 0.271 e. The SMILES string of the molecule is CCSc1cc2c(cc1OC)CCn1c-2cc2c1C(=O)N(C(C)(C)C)CCCC2. The molecule has 0 saturated carbocycles. The van der Waals surface area contributed by atoms with E-state index in [9.17, 15) is 4.79 Å². The van der Waals surface area contributed by atoms with Gasteiger partial charge in [-0.15, -0.1) is 11.8 Å². The average Bonchev–Trinajstić information content (AvgIpc) is 3.03. The van der Waals surface area contributed by atoms with Crippen molar-refractivity contribution in [3.05, 3.63) is 35.0 Å². The van der Waals surface area contributed by atoms with Crippen LogP contribution in [0, 0.1) is 0 Å². The lowest BCUT2D eigenvalue weighted by molar-refractivity contribution is 0.0558. The molecule has 0 unspecified atom stereocenters. The first-order chi connectivity index (χ1) is 13.8. The van der Waals surface area contributed by atoms with E-state index in [2.05, 4.69) is 55.4 Å². The van der Waals surface area contributed by atoms with Gasteiger partial charge in [0.15, 0.2) is 0 Å². The molecule has 4 rings (SSSR count). The second-order valence-electron chi connectivity index (χ2n) is 8.98. The van der Waals surface area contributed by atoms with Crippen LogP contribution in [0.25, 0.3) is 11.3 Å². The summed E-state index contributed by atoms with van der Waals surface area (Å²) in [4.78, 5) is 16.9. The van der Waals surface area contributed by atoms with Gasteiger partial charge >= 0.3 is 0 Å². The first-order valence-electron chi connectivity index (χ1n) is 10.7. The van der Waals surface area contributed by atoms with E-state index < -0.39 is 0 Å². The van der Waals surface area contributed by atoms with Gasteiger partial charge in [-0.2, -0.15) is 0 Å². The fourth-order valence-corrected chi connectivity index (χ4v) is 5.46. The minimum Gasteiger partial charge on any atom is -0.496 e. The molecule has 2 aromatic rings. The van der Waals surface area contributed by atoms with Crippen LogP contribution in [0.4, 0.5) is 0 Å². The average molecular weight is 413 g/mol. The minimum atomic E-state index is -0.165. The van der Waals surface area contributed by atoms with Gasteiger partial charge in [-0.25, -0.2) is 0 Å². The van der Waals surface area contributed by atoms with E-state index in [-0.39, 0.29) is 11.4 Å². The Morgan fingerprint density at radius 1 is 1.07 bits per heavy atom. The molecule has 0 saturated heterocycles. The number of hydrogen-bond donors (Lipinski definition) is 0. The summed E-state index contributed by atoms with van der Waals surface area (Å²) in [6, 6.07) is 6.75. The number of aromatic nitrogens is 1. The van der Waals surface area contributed by atoms with Gasteiger partial charge in [0, 0.05) is 29.9 Å². The van der Waals surface area contributed by atoms with Crippen LogP contribution >= 0.6 is 11.8 Å². The third kappa shape index (κ3) is 3.58. The summed E-state index contributed by atoms with van der Waals surface area (Å²) in [5.74, 6) is 2.16. The number of carbonyl (C=O) groups excluding carboxylic acids is 1. The third-order valence-electron chi connectivity index (χ3n) is 6.08. The van der Waals surface area contributed by atoms with Crippen LogP contribution in [-0.2, 0) is 19.4 Å². The van der Waals surface area contributed by atoms with Crippen LogP contribution in [0.3, 0.4) is 0 Å². The smallest absolute Gasteiger partial charge is 0.271 e. The standard InChI is InChI=1S/C24H32N2O2S/c1-6-29-21-15-18-16(14-20(21)28-5)10-12-25-19(18)13-17-9-7-8-11-26(24(2,3)4)23(27)22(17)25/h13-15H,6-12H2,1-5H3. The third-order valence-corrected chi connectivity index (χ3v) is 7.00. The lowest BCUT2D eigenvalue weighted by atomic mass is 9.98. The van der Waals surface area contributed by atoms with Crippen molar-refractivity contribution in [2.75, 3.05) is 19.4 Å². The van der Waals surface area contributed by atoms with Crippen molar-refractivity contribution in [1.29, 1.82) is 0 Å². The molecule has 1 aromatic carbocycles. The molecule has 0 atom stereocenters. The molecule has 5 heteroatoms. The van der Waals surface area contributed by atoms with Crippen LogP contribution in [0.1, 0.15) is 62.2 Å². The summed E-state index contributed by atoms with van der Waals surface area (Å²) >= 11 is 1.81. The highest BCUT2D eigenvalue weighted by molar-refractivity contribution is 7.99. The highest BCUT2D eigenvalue weighted by atomic mass is 32.2. The zero-order valence-corrected chi connectivity index (χ0v) is 19.1. The van der Waals surface area contributed by atoms with E-state index in [0.717, 1.165) is 56.0 Å². The highest BCUT2D eigenvalue weighted by Gasteiger charge is 2.34. The topological polar surface area (TPSA) is 34.5 Å². The zero-order valence-electron chi connectivity index (χ0n) is 18.3.